The largest absolute Gasteiger partial charge is 0.383 e. The molecule has 2 aromatic rings. The Morgan fingerprint density at radius 1 is 1.29 bits per heavy atom. The van der Waals surface area contributed by atoms with Crippen LogP contribution in [0.25, 0.3) is 0 Å². The fourth-order valence-corrected chi connectivity index (χ4v) is 1.78. The number of hydrogen-bond acceptors (Lipinski definition) is 5. The van der Waals surface area contributed by atoms with E-state index in [0.29, 0.717) is 24.7 Å². The van der Waals surface area contributed by atoms with Gasteiger partial charge in [0, 0.05) is 25.4 Å². The van der Waals surface area contributed by atoms with Crippen LogP contribution in [0.4, 0.5) is 11.5 Å². The number of amides is 1. The van der Waals surface area contributed by atoms with Crippen molar-refractivity contribution in [1.29, 1.82) is 0 Å². The van der Waals surface area contributed by atoms with Gasteiger partial charge in [-0.15, -0.1) is 0 Å². The van der Waals surface area contributed by atoms with Crippen LogP contribution in [0.15, 0.2) is 36.7 Å². The Morgan fingerprint density at radius 3 is 2.90 bits per heavy atom. The molecular weight excluding hydrogens is 268 g/mol. The molecule has 6 nitrogen and oxygen atoms in total. The molecule has 0 atom stereocenters. The number of carbonyl (C=O) groups excluding carboxylic acids is 1. The fourth-order valence-electron chi connectivity index (χ4n) is 1.78. The Balaban J connectivity index is 2.03. The van der Waals surface area contributed by atoms with Crippen LogP contribution in [-0.2, 0) is 4.74 Å². The Kier molecular flexibility index (Phi) is 5.22. The zero-order valence-electron chi connectivity index (χ0n) is 12.1. The van der Waals surface area contributed by atoms with Crippen molar-refractivity contribution in [3.63, 3.8) is 0 Å². The second-order valence-corrected chi connectivity index (χ2v) is 4.53. The molecule has 0 bridgehead atoms. The fraction of sp³-hybridized carbons (Fsp3) is 0.267. The van der Waals surface area contributed by atoms with Crippen LogP contribution < -0.4 is 10.6 Å². The zero-order chi connectivity index (χ0) is 15.1. The van der Waals surface area contributed by atoms with E-state index >= 15 is 0 Å². The van der Waals surface area contributed by atoms with Crippen molar-refractivity contribution in [2.75, 3.05) is 30.9 Å². The molecule has 0 aliphatic rings. The summed E-state index contributed by atoms with van der Waals surface area (Å²) in [5.74, 6) is 0.328. The third-order valence-corrected chi connectivity index (χ3v) is 2.79. The van der Waals surface area contributed by atoms with Gasteiger partial charge in [0.2, 0.25) is 0 Å². The summed E-state index contributed by atoms with van der Waals surface area (Å²) in [6.45, 7) is 3.15. The molecule has 1 amide bonds. The topological polar surface area (TPSA) is 76.1 Å². The number of anilines is 2. The van der Waals surface area contributed by atoms with Gasteiger partial charge in [-0.3, -0.25) is 4.79 Å². The minimum atomic E-state index is -0.266. The number of carbonyl (C=O) groups is 1. The van der Waals surface area contributed by atoms with Crippen molar-refractivity contribution >= 4 is 17.4 Å². The Bertz CT molecular complexity index is 616. The first-order chi connectivity index (χ1) is 10.2. The molecule has 0 saturated carbocycles. The Labute approximate surface area is 123 Å². The monoisotopic (exact) mass is 286 g/mol. The summed E-state index contributed by atoms with van der Waals surface area (Å²) in [4.78, 5) is 20.2. The Morgan fingerprint density at radius 2 is 2.14 bits per heavy atom. The van der Waals surface area contributed by atoms with Crippen LogP contribution in [0.1, 0.15) is 16.1 Å². The quantitative estimate of drug-likeness (QED) is 0.795. The first kappa shape index (κ1) is 14.9. The highest BCUT2D eigenvalue weighted by atomic mass is 16.5. The second kappa shape index (κ2) is 7.35. The standard InChI is InChI=1S/C15H18N4O2/c1-11-4-3-5-12(8-11)19-15(20)13-9-14(18-10-17-13)16-6-7-21-2/h3-5,8-10H,6-7H2,1-2H3,(H,19,20)(H,16,17,18). The van der Waals surface area contributed by atoms with Crippen molar-refractivity contribution < 1.29 is 9.53 Å². The van der Waals surface area contributed by atoms with Crippen molar-refractivity contribution in [2.45, 2.75) is 6.92 Å². The van der Waals surface area contributed by atoms with Gasteiger partial charge < -0.3 is 15.4 Å². The maximum Gasteiger partial charge on any atom is 0.274 e. The molecule has 0 aliphatic heterocycles. The van der Waals surface area contributed by atoms with E-state index < -0.39 is 0 Å². The van der Waals surface area contributed by atoms with Gasteiger partial charge in [0.1, 0.15) is 17.8 Å². The number of ether oxygens (including phenoxy) is 1. The highest BCUT2D eigenvalue weighted by Crippen LogP contribution is 2.11. The van der Waals surface area contributed by atoms with E-state index in [2.05, 4.69) is 20.6 Å². The van der Waals surface area contributed by atoms with Gasteiger partial charge in [-0.05, 0) is 24.6 Å². The molecule has 0 unspecified atom stereocenters. The van der Waals surface area contributed by atoms with Crippen molar-refractivity contribution in [1.82, 2.24) is 9.97 Å². The number of methoxy groups -OCH3 is 1. The molecule has 0 spiro atoms. The van der Waals surface area contributed by atoms with Gasteiger partial charge in [0.05, 0.1) is 6.61 Å². The maximum absolute atomic E-state index is 12.2. The van der Waals surface area contributed by atoms with Gasteiger partial charge in [0.15, 0.2) is 0 Å². The molecule has 1 aromatic carbocycles. The molecule has 0 saturated heterocycles. The maximum atomic E-state index is 12.2. The summed E-state index contributed by atoms with van der Waals surface area (Å²) in [5, 5.41) is 5.87. The number of benzene rings is 1. The molecule has 6 heteroatoms. The number of rotatable bonds is 6. The van der Waals surface area contributed by atoms with E-state index in [9.17, 15) is 4.79 Å². The molecule has 0 fully saturated rings. The first-order valence-electron chi connectivity index (χ1n) is 6.62. The van der Waals surface area contributed by atoms with Crippen LogP contribution >= 0.6 is 0 Å². The number of nitrogens with one attached hydrogen (secondary N) is 2. The summed E-state index contributed by atoms with van der Waals surface area (Å²) in [5.41, 5.74) is 2.14. The molecule has 0 radical (unpaired) electrons. The second-order valence-electron chi connectivity index (χ2n) is 4.53. The average Bonchev–Trinajstić information content (AvgIpc) is 2.48. The minimum Gasteiger partial charge on any atom is -0.383 e. The lowest BCUT2D eigenvalue weighted by Crippen LogP contribution is -2.15. The van der Waals surface area contributed by atoms with Crippen molar-refractivity contribution in [2.24, 2.45) is 0 Å². The summed E-state index contributed by atoms with van der Waals surface area (Å²) in [6, 6.07) is 9.21. The smallest absolute Gasteiger partial charge is 0.274 e. The molecule has 1 heterocycles. The molecular formula is C15H18N4O2. The van der Waals surface area contributed by atoms with E-state index in [0.717, 1.165) is 11.3 Å². The van der Waals surface area contributed by atoms with Crippen LogP contribution in [-0.4, -0.2) is 36.1 Å². The van der Waals surface area contributed by atoms with E-state index in [1.54, 1.807) is 13.2 Å². The first-order valence-corrected chi connectivity index (χ1v) is 6.62. The predicted molar refractivity (Wildman–Crippen MR) is 81.5 cm³/mol. The minimum absolute atomic E-state index is 0.266. The molecule has 2 N–H and O–H groups in total. The van der Waals surface area contributed by atoms with E-state index in [1.807, 2.05) is 31.2 Å². The highest BCUT2D eigenvalue weighted by molar-refractivity contribution is 6.03. The van der Waals surface area contributed by atoms with Gasteiger partial charge in [-0.25, -0.2) is 9.97 Å². The lowest BCUT2D eigenvalue weighted by molar-refractivity contribution is 0.102. The van der Waals surface area contributed by atoms with Crippen LogP contribution in [0, 0.1) is 6.92 Å². The zero-order valence-corrected chi connectivity index (χ0v) is 12.1. The molecule has 110 valence electrons. The molecule has 2 rings (SSSR count). The number of aryl methyl sites for hydroxylation is 1. The molecule has 0 aliphatic carbocycles. The number of hydrogen-bond donors (Lipinski definition) is 2. The summed E-state index contributed by atoms with van der Waals surface area (Å²) in [6.07, 6.45) is 1.36. The van der Waals surface area contributed by atoms with Gasteiger partial charge in [-0.1, -0.05) is 12.1 Å². The van der Waals surface area contributed by atoms with Gasteiger partial charge in [-0.2, -0.15) is 0 Å². The van der Waals surface area contributed by atoms with Crippen LogP contribution in [0.3, 0.4) is 0 Å². The SMILES string of the molecule is COCCNc1cc(C(=O)Nc2cccc(C)c2)ncn1. The normalized spacial score (nSPS) is 10.2. The van der Waals surface area contributed by atoms with Crippen molar-refractivity contribution in [3.05, 3.63) is 47.9 Å². The summed E-state index contributed by atoms with van der Waals surface area (Å²) < 4.78 is 4.95. The third kappa shape index (κ3) is 4.54. The lowest BCUT2D eigenvalue weighted by Gasteiger charge is -2.07. The van der Waals surface area contributed by atoms with Crippen LogP contribution in [0.5, 0.6) is 0 Å². The predicted octanol–water partition coefficient (Wildman–Crippen LogP) is 2.10. The van der Waals surface area contributed by atoms with Crippen LogP contribution in [0.2, 0.25) is 0 Å². The summed E-state index contributed by atoms with van der Waals surface area (Å²) >= 11 is 0. The summed E-state index contributed by atoms with van der Waals surface area (Å²) in [7, 11) is 1.63. The van der Waals surface area contributed by atoms with Gasteiger partial charge in [0.25, 0.3) is 5.91 Å². The Hall–Kier alpha value is -2.47. The number of nitrogens with zero attached hydrogens (tertiary/aromatic N) is 2. The van der Waals surface area contributed by atoms with Crippen molar-refractivity contribution in [3.8, 4) is 0 Å². The molecule has 1 aromatic heterocycles. The highest BCUT2D eigenvalue weighted by Gasteiger charge is 2.09. The lowest BCUT2D eigenvalue weighted by atomic mass is 10.2. The average molecular weight is 286 g/mol. The number of aromatic nitrogens is 2. The third-order valence-electron chi connectivity index (χ3n) is 2.79. The van der Waals surface area contributed by atoms with E-state index in [4.69, 9.17) is 4.74 Å². The van der Waals surface area contributed by atoms with Gasteiger partial charge >= 0.3 is 0 Å². The van der Waals surface area contributed by atoms with E-state index in [1.165, 1.54) is 6.33 Å². The van der Waals surface area contributed by atoms with E-state index in [-0.39, 0.29) is 5.91 Å². The molecule has 21 heavy (non-hydrogen) atoms.